The number of hydrogen-bond acceptors (Lipinski definition) is 4. The number of para-hydroxylation sites is 1. The number of hydrogen-bond donors (Lipinski definition) is 1. The van der Waals surface area contributed by atoms with Crippen molar-refractivity contribution in [3.8, 4) is 0 Å². The summed E-state index contributed by atoms with van der Waals surface area (Å²) in [5.74, 6) is -0.878. The fourth-order valence-corrected chi connectivity index (χ4v) is 5.24. The highest BCUT2D eigenvalue weighted by Crippen LogP contribution is 2.26. The quantitative estimate of drug-likeness (QED) is 0.582. The van der Waals surface area contributed by atoms with E-state index in [4.69, 9.17) is 0 Å². The maximum absolute atomic E-state index is 14.0. The van der Waals surface area contributed by atoms with E-state index in [0.717, 1.165) is 0 Å². The van der Waals surface area contributed by atoms with Crippen molar-refractivity contribution in [1.29, 1.82) is 0 Å². The van der Waals surface area contributed by atoms with Crippen LogP contribution in [0.15, 0.2) is 65.6 Å². The number of nitrogens with one attached hydrogen (secondary N) is 1. The molecule has 3 aromatic carbocycles. The van der Waals surface area contributed by atoms with Gasteiger partial charge in [0.1, 0.15) is 5.82 Å². The molecule has 0 atom stereocenters. The van der Waals surface area contributed by atoms with Crippen molar-refractivity contribution in [1.82, 2.24) is 4.90 Å². The Kier molecular flexibility index (Phi) is 6.61. The van der Waals surface area contributed by atoms with Gasteiger partial charge >= 0.3 is 0 Å². The van der Waals surface area contributed by atoms with E-state index in [0.29, 0.717) is 37.3 Å². The predicted molar refractivity (Wildman–Crippen MR) is 132 cm³/mol. The van der Waals surface area contributed by atoms with Crippen LogP contribution in [-0.2, 0) is 10.0 Å². The average Bonchev–Trinajstić information content (AvgIpc) is 2.82. The Hall–Kier alpha value is -3.39. The first-order valence-corrected chi connectivity index (χ1v) is 12.6. The van der Waals surface area contributed by atoms with Gasteiger partial charge in [-0.3, -0.25) is 9.52 Å². The number of amides is 1. The summed E-state index contributed by atoms with van der Waals surface area (Å²) in [6, 6.07) is 16.2. The van der Waals surface area contributed by atoms with Crippen molar-refractivity contribution in [2.24, 2.45) is 0 Å². The second-order valence-electron chi connectivity index (χ2n) is 8.56. The zero-order chi connectivity index (χ0) is 24.5. The minimum absolute atomic E-state index is 0.0845. The highest BCUT2D eigenvalue weighted by Gasteiger charge is 2.26. The maximum Gasteiger partial charge on any atom is 0.262 e. The predicted octanol–water partition coefficient (Wildman–Crippen LogP) is 4.51. The number of sulfonamides is 1. The summed E-state index contributed by atoms with van der Waals surface area (Å²) >= 11 is 0. The minimum atomic E-state index is -4.06. The van der Waals surface area contributed by atoms with Crippen LogP contribution in [0.3, 0.4) is 0 Å². The van der Waals surface area contributed by atoms with Crippen LogP contribution in [0.2, 0.25) is 0 Å². The second kappa shape index (κ2) is 9.46. The van der Waals surface area contributed by atoms with Crippen LogP contribution in [-0.4, -0.2) is 45.4 Å². The van der Waals surface area contributed by atoms with E-state index in [2.05, 4.69) is 35.6 Å². The van der Waals surface area contributed by atoms with Crippen molar-refractivity contribution in [2.45, 2.75) is 25.7 Å². The van der Waals surface area contributed by atoms with Crippen LogP contribution in [0, 0.1) is 26.6 Å². The molecule has 4 rings (SSSR count). The lowest BCUT2D eigenvalue weighted by atomic mass is 10.1. The summed E-state index contributed by atoms with van der Waals surface area (Å²) in [6.45, 7) is 8.44. The Balaban J connectivity index is 1.51. The highest BCUT2D eigenvalue weighted by molar-refractivity contribution is 7.92. The molecule has 0 bridgehead atoms. The van der Waals surface area contributed by atoms with Crippen LogP contribution in [0.4, 0.5) is 15.8 Å². The molecule has 0 saturated carbocycles. The zero-order valence-electron chi connectivity index (χ0n) is 19.5. The van der Waals surface area contributed by atoms with E-state index in [9.17, 15) is 17.6 Å². The molecule has 0 spiro atoms. The Morgan fingerprint density at radius 2 is 1.59 bits per heavy atom. The molecule has 1 heterocycles. The summed E-state index contributed by atoms with van der Waals surface area (Å²) < 4.78 is 42.0. The number of halogens is 1. The lowest BCUT2D eigenvalue weighted by molar-refractivity contribution is 0.0745. The molecule has 0 aliphatic carbocycles. The number of aryl methyl sites for hydroxylation is 2. The SMILES string of the molecule is Cc1ccc(S(=O)(=O)Nc2ccccc2F)cc1C(=O)N1CCN(c2cccc(C)c2C)CC1. The average molecular weight is 482 g/mol. The van der Waals surface area contributed by atoms with Crippen LogP contribution in [0.5, 0.6) is 0 Å². The van der Waals surface area contributed by atoms with Crippen molar-refractivity contribution >= 4 is 27.3 Å². The number of carbonyl (C=O) groups is 1. The van der Waals surface area contributed by atoms with Crippen molar-refractivity contribution < 1.29 is 17.6 Å². The second-order valence-corrected chi connectivity index (χ2v) is 10.2. The monoisotopic (exact) mass is 481 g/mol. The van der Waals surface area contributed by atoms with Gasteiger partial charge in [-0.05, 0) is 67.8 Å². The molecule has 3 aromatic rings. The third-order valence-corrected chi connectivity index (χ3v) is 7.71. The van der Waals surface area contributed by atoms with E-state index in [-0.39, 0.29) is 16.5 Å². The lowest BCUT2D eigenvalue weighted by Crippen LogP contribution is -2.49. The van der Waals surface area contributed by atoms with Gasteiger partial charge in [0.05, 0.1) is 10.6 Å². The fraction of sp³-hybridized carbons (Fsp3) is 0.269. The maximum atomic E-state index is 14.0. The van der Waals surface area contributed by atoms with Gasteiger partial charge in [-0.1, -0.05) is 30.3 Å². The van der Waals surface area contributed by atoms with Gasteiger partial charge in [-0.25, -0.2) is 12.8 Å². The summed E-state index contributed by atoms with van der Waals surface area (Å²) in [7, 11) is -4.06. The Morgan fingerprint density at radius 1 is 0.882 bits per heavy atom. The molecule has 6 nitrogen and oxygen atoms in total. The van der Waals surface area contributed by atoms with Gasteiger partial charge < -0.3 is 9.80 Å². The molecule has 0 aromatic heterocycles. The van der Waals surface area contributed by atoms with Crippen LogP contribution in [0.25, 0.3) is 0 Å². The van der Waals surface area contributed by atoms with Gasteiger partial charge in [-0.2, -0.15) is 0 Å². The van der Waals surface area contributed by atoms with E-state index in [1.165, 1.54) is 47.1 Å². The first-order chi connectivity index (χ1) is 16.2. The number of rotatable bonds is 5. The fourth-order valence-electron chi connectivity index (χ4n) is 4.15. The molecule has 1 aliphatic rings. The Morgan fingerprint density at radius 3 is 2.29 bits per heavy atom. The molecule has 1 amide bonds. The van der Waals surface area contributed by atoms with Gasteiger partial charge in [0.2, 0.25) is 0 Å². The van der Waals surface area contributed by atoms with E-state index >= 15 is 0 Å². The number of piperazine rings is 1. The molecule has 178 valence electrons. The lowest BCUT2D eigenvalue weighted by Gasteiger charge is -2.37. The van der Waals surface area contributed by atoms with Crippen LogP contribution >= 0.6 is 0 Å². The van der Waals surface area contributed by atoms with Gasteiger partial charge in [-0.15, -0.1) is 0 Å². The third kappa shape index (κ3) is 4.77. The summed E-state index contributed by atoms with van der Waals surface area (Å²) in [4.78, 5) is 17.3. The summed E-state index contributed by atoms with van der Waals surface area (Å²) in [6.07, 6.45) is 0. The molecule has 1 saturated heterocycles. The molecule has 0 radical (unpaired) electrons. The van der Waals surface area contributed by atoms with Crippen molar-refractivity contribution in [3.63, 3.8) is 0 Å². The molecular weight excluding hydrogens is 453 g/mol. The normalized spacial score (nSPS) is 14.2. The summed E-state index contributed by atoms with van der Waals surface area (Å²) in [5, 5.41) is 0. The molecule has 1 fully saturated rings. The van der Waals surface area contributed by atoms with E-state index < -0.39 is 15.8 Å². The molecule has 1 aliphatic heterocycles. The molecule has 0 unspecified atom stereocenters. The number of benzene rings is 3. The number of carbonyl (C=O) groups excluding carboxylic acids is 1. The smallest absolute Gasteiger partial charge is 0.262 e. The molecule has 1 N–H and O–H groups in total. The summed E-state index contributed by atoms with van der Waals surface area (Å²) in [5.41, 5.74) is 4.52. The molecular formula is C26H28FN3O3S. The minimum Gasteiger partial charge on any atom is -0.368 e. The van der Waals surface area contributed by atoms with Gasteiger partial charge in [0, 0.05) is 37.4 Å². The molecule has 34 heavy (non-hydrogen) atoms. The molecule has 8 heteroatoms. The topological polar surface area (TPSA) is 69.7 Å². The van der Waals surface area contributed by atoms with Crippen molar-refractivity contribution in [2.75, 3.05) is 35.8 Å². The Labute approximate surface area is 200 Å². The highest BCUT2D eigenvalue weighted by atomic mass is 32.2. The Bertz CT molecular complexity index is 1330. The van der Waals surface area contributed by atoms with E-state index in [1.54, 1.807) is 24.0 Å². The standard InChI is InChI=1S/C26H28FN3O3S/c1-18-7-6-10-25(20(18)3)29-13-15-30(16-14-29)26(31)22-17-21(12-11-19(22)2)34(32,33)28-24-9-5-4-8-23(24)27/h4-12,17,28H,13-16H2,1-3H3. The third-order valence-electron chi connectivity index (χ3n) is 6.35. The van der Waals surface area contributed by atoms with Crippen LogP contribution < -0.4 is 9.62 Å². The number of anilines is 2. The van der Waals surface area contributed by atoms with E-state index in [1.807, 2.05) is 6.07 Å². The van der Waals surface area contributed by atoms with Crippen LogP contribution in [0.1, 0.15) is 27.0 Å². The largest absolute Gasteiger partial charge is 0.368 e. The first kappa shape index (κ1) is 23.8. The van der Waals surface area contributed by atoms with Gasteiger partial charge in [0.15, 0.2) is 0 Å². The van der Waals surface area contributed by atoms with Gasteiger partial charge in [0.25, 0.3) is 15.9 Å². The van der Waals surface area contributed by atoms with Crippen molar-refractivity contribution in [3.05, 3.63) is 88.7 Å². The number of nitrogens with zero attached hydrogens (tertiary/aromatic N) is 2. The zero-order valence-corrected chi connectivity index (χ0v) is 20.3. The first-order valence-electron chi connectivity index (χ1n) is 11.2.